The Morgan fingerprint density at radius 1 is 1.23 bits per heavy atom. The Kier molecular flexibility index (Phi) is 6.15. The summed E-state index contributed by atoms with van der Waals surface area (Å²) in [5.41, 5.74) is 2.11. The maximum absolute atomic E-state index is 5.50. The maximum Gasteiger partial charge on any atom is 0.225 e. The van der Waals surface area contributed by atoms with Crippen LogP contribution in [0.3, 0.4) is 0 Å². The zero-order chi connectivity index (χ0) is 15.8. The monoisotopic (exact) mass is 300 g/mol. The van der Waals surface area contributed by atoms with Crippen LogP contribution in [0.4, 0.5) is 11.8 Å². The van der Waals surface area contributed by atoms with E-state index in [0.29, 0.717) is 19.1 Å². The fraction of sp³-hybridized carbons (Fsp3) is 0.412. The number of hydrogen-bond donors (Lipinski definition) is 2. The summed E-state index contributed by atoms with van der Waals surface area (Å²) >= 11 is 0. The maximum atomic E-state index is 5.50. The second-order valence-electron chi connectivity index (χ2n) is 5.13. The molecule has 0 amide bonds. The van der Waals surface area contributed by atoms with Crippen molar-refractivity contribution in [3.63, 3.8) is 0 Å². The summed E-state index contributed by atoms with van der Waals surface area (Å²) in [6.45, 7) is 10.7. The number of aryl methyl sites for hydroxylation is 1. The minimum Gasteiger partial charge on any atom is -0.380 e. The number of fused-ring (bicyclic) bond motifs is 1. The molecule has 0 radical (unpaired) electrons. The summed E-state index contributed by atoms with van der Waals surface area (Å²) in [7, 11) is 0. The molecule has 0 atom stereocenters. The molecule has 1 heterocycles. The van der Waals surface area contributed by atoms with E-state index in [4.69, 9.17) is 4.74 Å². The van der Waals surface area contributed by atoms with E-state index in [0.717, 1.165) is 36.3 Å². The van der Waals surface area contributed by atoms with Crippen molar-refractivity contribution in [3.05, 3.63) is 36.4 Å². The highest BCUT2D eigenvalue weighted by Crippen LogP contribution is 2.23. The summed E-state index contributed by atoms with van der Waals surface area (Å²) in [4.78, 5) is 9.09. The number of benzene rings is 1. The molecule has 2 N–H and O–H groups in total. The minimum atomic E-state index is 0.605. The molecule has 5 heteroatoms. The minimum absolute atomic E-state index is 0.605. The van der Waals surface area contributed by atoms with Crippen LogP contribution >= 0.6 is 0 Å². The fourth-order valence-corrected chi connectivity index (χ4v) is 2.11. The summed E-state index contributed by atoms with van der Waals surface area (Å²) in [6.07, 6.45) is 2.82. The smallest absolute Gasteiger partial charge is 0.225 e. The van der Waals surface area contributed by atoms with Crippen molar-refractivity contribution in [2.24, 2.45) is 0 Å². The van der Waals surface area contributed by atoms with Crippen LogP contribution in [0.2, 0.25) is 0 Å². The van der Waals surface area contributed by atoms with Gasteiger partial charge in [0.2, 0.25) is 5.95 Å². The third-order valence-corrected chi connectivity index (χ3v) is 3.14. The van der Waals surface area contributed by atoms with Crippen molar-refractivity contribution >= 4 is 22.7 Å². The van der Waals surface area contributed by atoms with Crippen LogP contribution in [0.5, 0.6) is 0 Å². The summed E-state index contributed by atoms with van der Waals surface area (Å²) in [6, 6.07) is 6.17. The number of anilines is 2. The SMILES string of the molecule is C=CCNc1nc(NCCOCCC)c2cc(C)ccc2n1. The molecule has 22 heavy (non-hydrogen) atoms. The second kappa shape index (κ2) is 8.34. The van der Waals surface area contributed by atoms with E-state index in [2.05, 4.69) is 53.2 Å². The van der Waals surface area contributed by atoms with Gasteiger partial charge in [-0.1, -0.05) is 24.6 Å². The van der Waals surface area contributed by atoms with Crippen LogP contribution in [-0.4, -0.2) is 36.3 Å². The Labute approximate surface area is 131 Å². The van der Waals surface area contributed by atoms with Crippen LogP contribution in [0.1, 0.15) is 18.9 Å². The lowest BCUT2D eigenvalue weighted by Gasteiger charge is -2.12. The number of rotatable bonds is 9. The molecule has 1 aromatic carbocycles. The highest BCUT2D eigenvalue weighted by Gasteiger charge is 2.07. The molecule has 0 unspecified atom stereocenters. The van der Waals surface area contributed by atoms with Crippen molar-refractivity contribution in [1.82, 2.24) is 9.97 Å². The Morgan fingerprint density at radius 2 is 2.09 bits per heavy atom. The van der Waals surface area contributed by atoms with Gasteiger partial charge in [0.05, 0.1) is 12.1 Å². The number of nitrogens with one attached hydrogen (secondary N) is 2. The van der Waals surface area contributed by atoms with Crippen molar-refractivity contribution < 1.29 is 4.74 Å². The summed E-state index contributed by atoms with van der Waals surface area (Å²) in [5, 5.41) is 7.52. The molecule has 0 saturated heterocycles. The predicted molar refractivity (Wildman–Crippen MR) is 92.6 cm³/mol. The first-order chi connectivity index (χ1) is 10.7. The van der Waals surface area contributed by atoms with E-state index in [1.807, 2.05) is 6.07 Å². The zero-order valence-corrected chi connectivity index (χ0v) is 13.4. The van der Waals surface area contributed by atoms with Gasteiger partial charge in [-0.25, -0.2) is 4.98 Å². The van der Waals surface area contributed by atoms with Gasteiger partial charge in [0.15, 0.2) is 0 Å². The number of nitrogens with zero attached hydrogens (tertiary/aromatic N) is 2. The molecule has 0 fully saturated rings. The average molecular weight is 300 g/mol. The van der Waals surface area contributed by atoms with Gasteiger partial charge in [0.1, 0.15) is 5.82 Å². The molecule has 0 spiro atoms. The first-order valence-electron chi connectivity index (χ1n) is 7.69. The van der Waals surface area contributed by atoms with E-state index in [-0.39, 0.29) is 0 Å². The molecule has 2 aromatic rings. The van der Waals surface area contributed by atoms with Crippen LogP contribution in [0.25, 0.3) is 10.9 Å². The highest BCUT2D eigenvalue weighted by atomic mass is 16.5. The van der Waals surface area contributed by atoms with Crippen molar-refractivity contribution in [2.45, 2.75) is 20.3 Å². The molecular formula is C17H24N4O. The summed E-state index contributed by atoms with van der Waals surface area (Å²) in [5.74, 6) is 1.44. The normalized spacial score (nSPS) is 10.6. The summed E-state index contributed by atoms with van der Waals surface area (Å²) < 4.78 is 5.50. The van der Waals surface area contributed by atoms with Gasteiger partial charge in [-0.2, -0.15) is 4.98 Å². The van der Waals surface area contributed by atoms with Gasteiger partial charge in [0.25, 0.3) is 0 Å². The van der Waals surface area contributed by atoms with E-state index in [9.17, 15) is 0 Å². The van der Waals surface area contributed by atoms with E-state index >= 15 is 0 Å². The molecule has 1 aromatic heterocycles. The average Bonchev–Trinajstić information content (AvgIpc) is 2.53. The number of ether oxygens (including phenoxy) is 1. The quantitative estimate of drug-likeness (QED) is 0.549. The Bertz CT molecular complexity index is 627. The lowest BCUT2D eigenvalue weighted by molar-refractivity contribution is 0.144. The van der Waals surface area contributed by atoms with E-state index in [1.165, 1.54) is 5.56 Å². The first kappa shape index (κ1) is 16.2. The largest absolute Gasteiger partial charge is 0.380 e. The molecule has 0 aliphatic heterocycles. The number of aromatic nitrogens is 2. The van der Waals surface area contributed by atoms with Gasteiger partial charge in [-0.3, -0.25) is 0 Å². The van der Waals surface area contributed by atoms with Crippen LogP contribution in [-0.2, 0) is 4.74 Å². The van der Waals surface area contributed by atoms with Crippen LogP contribution in [0.15, 0.2) is 30.9 Å². The lowest BCUT2D eigenvalue weighted by atomic mass is 10.1. The molecule has 0 aliphatic carbocycles. The molecule has 118 valence electrons. The molecule has 0 aliphatic rings. The number of hydrogen-bond acceptors (Lipinski definition) is 5. The predicted octanol–water partition coefficient (Wildman–Crippen LogP) is 3.37. The second-order valence-corrected chi connectivity index (χ2v) is 5.13. The van der Waals surface area contributed by atoms with Gasteiger partial charge in [-0.15, -0.1) is 6.58 Å². The van der Waals surface area contributed by atoms with E-state index in [1.54, 1.807) is 6.08 Å². The van der Waals surface area contributed by atoms with E-state index < -0.39 is 0 Å². The molecule has 0 saturated carbocycles. The zero-order valence-electron chi connectivity index (χ0n) is 13.4. The van der Waals surface area contributed by atoms with Gasteiger partial charge < -0.3 is 15.4 Å². The van der Waals surface area contributed by atoms with Crippen molar-refractivity contribution in [1.29, 1.82) is 0 Å². The Morgan fingerprint density at radius 3 is 2.86 bits per heavy atom. The topological polar surface area (TPSA) is 59.1 Å². The highest BCUT2D eigenvalue weighted by molar-refractivity contribution is 5.90. The van der Waals surface area contributed by atoms with Gasteiger partial charge in [0, 0.05) is 25.1 Å². The fourth-order valence-electron chi connectivity index (χ4n) is 2.11. The standard InChI is InChI=1S/C17H24N4O/c1-4-8-19-17-20-15-7-6-13(3)12-14(15)16(21-17)18-9-11-22-10-5-2/h4,6-7,12H,1,5,8-11H2,2-3H3,(H2,18,19,20,21). The van der Waals surface area contributed by atoms with Crippen LogP contribution in [0, 0.1) is 6.92 Å². The Balaban J connectivity index is 2.19. The third-order valence-electron chi connectivity index (χ3n) is 3.14. The third kappa shape index (κ3) is 4.43. The molecule has 5 nitrogen and oxygen atoms in total. The molecule has 2 rings (SSSR count). The molecule has 0 bridgehead atoms. The lowest BCUT2D eigenvalue weighted by Crippen LogP contribution is -2.13. The van der Waals surface area contributed by atoms with Crippen molar-refractivity contribution in [2.75, 3.05) is 36.9 Å². The Hall–Kier alpha value is -2.14. The van der Waals surface area contributed by atoms with Gasteiger partial charge >= 0.3 is 0 Å². The molecular weight excluding hydrogens is 276 g/mol. The van der Waals surface area contributed by atoms with Crippen molar-refractivity contribution in [3.8, 4) is 0 Å². The first-order valence-corrected chi connectivity index (χ1v) is 7.69. The van der Waals surface area contributed by atoms with Gasteiger partial charge in [-0.05, 0) is 25.5 Å². The van der Waals surface area contributed by atoms with Crippen LogP contribution < -0.4 is 10.6 Å².